The highest BCUT2D eigenvalue weighted by Crippen LogP contribution is 2.27. The van der Waals surface area contributed by atoms with Gasteiger partial charge in [-0.2, -0.15) is 5.10 Å². The van der Waals surface area contributed by atoms with Gasteiger partial charge in [-0.3, -0.25) is 9.69 Å². The van der Waals surface area contributed by atoms with E-state index in [1.807, 2.05) is 42.5 Å². The van der Waals surface area contributed by atoms with Crippen LogP contribution in [-0.2, 0) is 4.74 Å². The molecule has 1 aliphatic rings. The van der Waals surface area contributed by atoms with Gasteiger partial charge < -0.3 is 14.8 Å². The van der Waals surface area contributed by atoms with Crippen LogP contribution in [-0.4, -0.2) is 67.1 Å². The predicted octanol–water partition coefficient (Wildman–Crippen LogP) is 3.65. The molecule has 0 bridgehead atoms. The number of morpholine rings is 1. The Morgan fingerprint density at radius 2 is 1.97 bits per heavy atom. The lowest BCUT2D eigenvalue weighted by Gasteiger charge is -2.26. The molecule has 0 spiro atoms. The van der Waals surface area contributed by atoms with Crippen LogP contribution in [0.4, 0.5) is 0 Å². The first-order chi connectivity index (χ1) is 15.7. The van der Waals surface area contributed by atoms with Gasteiger partial charge in [0.25, 0.3) is 5.91 Å². The fraction of sp³-hybridized carbons (Fsp3) is 0.333. The molecule has 32 heavy (non-hydrogen) atoms. The summed E-state index contributed by atoms with van der Waals surface area (Å²) >= 11 is 6.42. The Kier molecular flexibility index (Phi) is 7.42. The van der Waals surface area contributed by atoms with E-state index in [-0.39, 0.29) is 5.91 Å². The third-order valence-corrected chi connectivity index (χ3v) is 5.75. The zero-order valence-corrected chi connectivity index (χ0v) is 18.8. The van der Waals surface area contributed by atoms with Crippen LogP contribution >= 0.6 is 11.6 Å². The maximum absolute atomic E-state index is 13.1. The second kappa shape index (κ2) is 10.6. The van der Waals surface area contributed by atoms with Crippen molar-refractivity contribution < 1.29 is 14.3 Å². The summed E-state index contributed by atoms with van der Waals surface area (Å²) < 4.78 is 12.3. The molecule has 2 aromatic carbocycles. The first kappa shape index (κ1) is 22.3. The van der Waals surface area contributed by atoms with Crippen LogP contribution in [0.15, 0.2) is 54.6 Å². The summed E-state index contributed by atoms with van der Waals surface area (Å²) in [6.07, 6.45) is 0.870. The van der Waals surface area contributed by atoms with Crippen LogP contribution in [0.3, 0.4) is 0 Å². The number of hydrogen-bond acceptors (Lipinski definition) is 5. The monoisotopic (exact) mass is 454 g/mol. The third kappa shape index (κ3) is 5.30. The summed E-state index contributed by atoms with van der Waals surface area (Å²) in [5, 5.41) is 8.26. The minimum atomic E-state index is -0.187. The number of carbonyl (C=O) groups excluding carboxylic acids is 1. The van der Waals surface area contributed by atoms with Crippen LogP contribution < -0.4 is 10.1 Å². The van der Waals surface area contributed by atoms with Crippen LogP contribution in [0.25, 0.3) is 16.9 Å². The first-order valence-electron chi connectivity index (χ1n) is 10.7. The van der Waals surface area contributed by atoms with E-state index in [2.05, 4.69) is 10.2 Å². The number of carbonyl (C=O) groups is 1. The third-order valence-electron chi connectivity index (χ3n) is 5.43. The lowest BCUT2D eigenvalue weighted by molar-refractivity contribution is 0.0374. The van der Waals surface area contributed by atoms with Gasteiger partial charge in [-0.15, -0.1) is 0 Å². The van der Waals surface area contributed by atoms with E-state index in [4.69, 9.17) is 26.2 Å². The largest absolute Gasteiger partial charge is 0.497 e. The molecule has 0 saturated carbocycles. The van der Waals surface area contributed by atoms with Crippen molar-refractivity contribution in [2.75, 3.05) is 46.5 Å². The van der Waals surface area contributed by atoms with E-state index in [0.29, 0.717) is 28.6 Å². The first-order valence-corrected chi connectivity index (χ1v) is 11.1. The van der Waals surface area contributed by atoms with E-state index >= 15 is 0 Å². The van der Waals surface area contributed by atoms with Crippen molar-refractivity contribution in [2.45, 2.75) is 6.42 Å². The Hall–Kier alpha value is -2.87. The average molecular weight is 455 g/mol. The van der Waals surface area contributed by atoms with Gasteiger partial charge in [-0.25, -0.2) is 4.68 Å². The Morgan fingerprint density at radius 3 is 2.75 bits per heavy atom. The van der Waals surface area contributed by atoms with Crippen molar-refractivity contribution in [3.8, 4) is 22.7 Å². The summed E-state index contributed by atoms with van der Waals surface area (Å²) in [6, 6.07) is 16.7. The average Bonchev–Trinajstić information content (AvgIpc) is 3.28. The van der Waals surface area contributed by atoms with E-state index in [1.54, 1.807) is 23.9 Å². The number of nitrogens with one attached hydrogen (secondary N) is 1. The Morgan fingerprint density at radius 1 is 1.16 bits per heavy atom. The van der Waals surface area contributed by atoms with E-state index in [1.165, 1.54) is 0 Å². The van der Waals surface area contributed by atoms with Crippen LogP contribution in [0.5, 0.6) is 5.75 Å². The van der Waals surface area contributed by atoms with Gasteiger partial charge >= 0.3 is 0 Å². The quantitative estimate of drug-likeness (QED) is 0.526. The van der Waals surface area contributed by atoms with Gasteiger partial charge in [0.2, 0.25) is 0 Å². The maximum atomic E-state index is 13.1. The summed E-state index contributed by atoms with van der Waals surface area (Å²) in [5.41, 5.74) is 2.61. The van der Waals surface area contributed by atoms with Gasteiger partial charge in [-0.1, -0.05) is 35.9 Å². The smallest absolute Gasteiger partial charge is 0.270 e. The summed E-state index contributed by atoms with van der Waals surface area (Å²) in [4.78, 5) is 15.4. The van der Waals surface area contributed by atoms with Gasteiger partial charge in [0.05, 0.1) is 36.7 Å². The molecule has 4 rings (SSSR count). The molecule has 1 saturated heterocycles. The summed E-state index contributed by atoms with van der Waals surface area (Å²) in [6.45, 7) is 4.95. The predicted molar refractivity (Wildman–Crippen MR) is 125 cm³/mol. The highest BCUT2D eigenvalue weighted by atomic mass is 35.5. The van der Waals surface area contributed by atoms with Gasteiger partial charge in [0, 0.05) is 25.2 Å². The minimum absolute atomic E-state index is 0.187. The number of para-hydroxylation sites is 1. The number of benzene rings is 2. The number of amides is 1. The summed E-state index contributed by atoms with van der Waals surface area (Å²) in [5.74, 6) is 0.539. The van der Waals surface area contributed by atoms with E-state index in [9.17, 15) is 4.79 Å². The van der Waals surface area contributed by atoms with Crippen molar-refractivity contribution in [1.29, 1.82) is 0 Å². The Bertz CT molecular complexity index is 1060. The van der Waals surface area contributed by atoms with Gasteiger partial charge in [0.1, 0.15) is 11.4 Å². The standard InChI is InChI=1S/C24H27ClN4O3/c1-31-19-7-4-6-18(16-19)21-17-23(29(27-21)22-9-3-2-8-20(22)25)24(30)26-10-5-11-28-12-14-32-15-13-28/h2-4,6-9,16-17H,5,10-15H2,1H3,(H,26,30). The minimum Gasteiger partial charge on any atom is -0.497 e. The Labute approximate surface area is 192 Å². The molecule has 1 N–H and O–H groups in total. The Balaban J connectivity index is 1.54. The molecule has 1 amide bonds. The van der Waals surface area contributed by atoms with Crippen LogP contribution in [0.2, 0.25) is 5.02 Å². The van der Waals surface area contributed by atoms with Crippen molar-refractivity contribution in [1.82, 2.24) is 20.0 Å². The summed E-state index contributed by atoms with van der Waals surface area (Å²) in [7, 11) is 1.62. The highest BCUT2D eigenvalue weighted by molar-refractivity contribution is 6.32. The molecule has 1 aromatic heterocycles. The SMILES string of the molecule is COc1cccc(-c2cc(C(=O)NCCCN3CCOCC3)n(-c3ccccc3Cl)n2)c1. The zero-order valence-electron chi connectivity index (χ0n) is 18.1. The molecule has 0 atom stereocenters. The van der Waals surface area contributed by atoms with Crippen LogP contribution in [0, 0.1) is 0 Å². The second-order valence-corrected chi connectivity index (χ2v) is 7.98. The van der Waals surface area contributed by atoms with Crippen molar-refractivity contribution >= 4 is 17.5 Å². The maximum Gasteiger partial charge on any atom is 0.270 e. The van der Waals surface area contributed by atoms with E-state index in [0.717, 1.165) is 50.6 Å². The highest BCUT2D eigenvalue weighted by Gasteiger charge is 2.19. The molecule has 8 heteroatoms. The molecule has 1 fully saturated rings. The fourth-order valence-corrected chi connectivity index (χ4v) is 3.91. The molecule has 0 radical (unpaired) electrons. The van der Waals surface area contributed by atoms with Gasteiger partial charge in [-0.05, 0) is 43.3 Å². The lowest BCUT2D eigenvalue weighted by atomic mass is 10.1. The number of rotatable bonds is 8. The molecule has 168 valence electrons. The number of nitrogens with zero attached hydrogens (tertiary/aromatic N) is 3. The topological polar surface area (TPSA) is 68.6 Å². The number of hydrogen-bond donors (Lipinski definition) is 1. The number of aromatic nitrogens is 2. The number of halogens is 1. The molecule has 0 unspecified atom stereocenters. The fourth-order valence-electron chi connectivity index (χ4n) is 3.69. The van der Waals surface area contributed by atoms with Crippen molar-refractivity contribution in [3.05, 3.63) is 65.3 Å². The number of methoxy groups -OCH3 is 1. The van der Waals surface area contributed by atoms with E-state index < -0.39 is 0 Å². The zero-order chi connectivity index (χ0) is 22.3. The molecular weight excluding hydrogens is 428 g/mol. The number of ether oxygens (including phenoxy) is 2. The van der Waals surface area contributed by atoms with Crippen molar-refractivity contribution in [2.24, 2.45) is 0 Å². The molecule has 1 aliphatic heterocycles. The normalized spacial score (nSPS) is 14.3. The lowest BCUT2D eigenvalue weighted by Crippen LogP contribution is -2.38. The second-order valence-electron chi connectivity index (χ2n) is 7.57. The molecule has 2 heterocycles. The van der Waals surface area contributed by atoms with Gasteiger partial charge in [0.15, 0.2) is 0 Å². The molecule has 0 aliphatic carbocycles. The van der Waals surface area contributed by atoms with Crippen molar-refractivity contribution in [3.63, 3.8) is 0 Å². The molecule has 3 aromatic rings. The van der Waals surface area contributed by atoms with Crippen LogP contribution in [0.1, 0.15) is 16.9 Å². The molecular formula is C24H27ClN4O3. The molecule has 7 nitrogen and oxygen atoms in total.